The van der Waals surface area contributed by atoms with E-state index in [0.29, 0.717) is 5.54 Å². The van der Waals surface area contributed by atoms with E-state index in [0.717, 1.165) is 0 Å². The van der Waals surface area contributed by atoms with Gasteiger partial charge in [0.25, 0.3) is 0 Å². The quantitative estimate of drug-likeness (QED) is 0.741. The highest BCUT2D eigenvalue weighted by Gasteiger charge is 2.26. The maximum absolute atomic E-state index is 3.63. The molecule has 0 amide bonds. The monoisotopic (exact) mass is 216 g/mol. The molecule has 0 aromatic heterocycles. The van der Waals surface area contributed by atoms with Gasteiger partial charge in [-0.1, -0.05) is 34.1 Å². The number of piperidine rings is 1. The van der Waals surface area contributed by atoms with Crippen LogP contribution in [0.1, 0.15) is 59.8 Å². The van der Waals surface area contributed by atoms with Crippen LogP contribution in [0, 0.1) is 0 Å². The summed E-state index contributed by atoms with van der Waals surface area (Å²) in [6, 6.07) is 0. The molecule has 0 bridgehead atoms. The van der Waals surface area contributed by atoms with Crippen LogP contribution in [0.25, 0.3) is 0 Å². The second-order valence-electron chi connectivity index (χ2n) is 3.87. The lowest BCUT2D eigenvalue weighted by molar-refractivity contribution is 0.237. The van der Waals surface area contributed by atoms with Gasteiger partial charge in [-0.15, -0.1) is 0 Å². The van der Waals surface area contributed by atoms with Gasteiger partial charge in [0.15, 0.2) is 0 Å². The maximum Gasteiger partial charge on any atom is 0.0176 e. The highest BCUT2D eigenvalue weighted by atomic mass is 15.0. The standard InChI is InChI=1S/C9H19N.C2H7N.C2H6/c1-3-9(4-2)7-5-6-8-10-9;1-3-2;1-2/h10H,3-8H2,1-2H3;3H,1-2H3;1-2H3. The molecule has 1 saturated heterocycles. The summed E-state index contributed by atoms with van der Waals surface area (Å²) in [6.07, 6.45) is 6.78. The fraction of sp³-hybridized carbons (Fsp3) is 1.00. The van der Waals surface area contributed by atoms with E-state index in [1.54, 1.807) is 0 Å². The van der Waals surface area contributed by atoms with Gasteiger partial charge in [0.2, 0.25) is 0 Å². The Morgan fingerprint density at radius 3 is 1.73 bits per heavy atom. The Balaban J connectivity index is 0. The molecule has 0 unspecified atom stereocenters. The van der Waals surface area contributed by atoms with E-state index in [2.05, 4.69) is 24.5 Å². The van der Waals surface area contributed by atoms with E-state index in [1.807, 2.05) is 27.9 Å². The second-order valence-corrected chi connectivity index (χ2v) is 3.87. The van der Waals surface area contributed by atoms with Gasteiger partial charge >= 0.3 is 0 Å². The Bertz CT molecular complexity index is 101. The van der Waals surface area contributed by atoms with Crippen LogP contribution in [0.5, 0.6) is 0 Å². The van der Waals surface area contributed by atoms with Crippen molar-refractivity contribution in [3.05, 3.63) is 0 Å². The third-order valence-electron chi connectivity index (χ3n) is 2.94. The van der Waals surface area contributed by atoms with Crippen LogP contribution in [-0.4, -0.2) is 26.2 Å². The van der Waals surface area contributed by atoms with Crippen molar-refractivity contribution in [1.29, 1.82) is 0 Å². The molecule has 1 heterocycles. The minimum Gasteiger partial charge on any atom is -0.323 e. The van der Waals surface area contributed by atoms with Gasteiger partial charge < -0.3 is 10.6 Å². The molecule has 2 N–H and O–H groups in total. The summed E-state index contributed by atoms with van der Waals surface area (Å²) in [6.45, 7) is 9.82. The van der Waals surface area contributed by atoms with Gasteiger partial charge in [-0.05, 0) is 46.3 Å². The predicted octanol–water partition coefficient (Wildman–Crippen LogP) is 3.18. The van der Waals surface area contributed by atoms with Crippen molar-refractivity contribution < 1.29 is 0 Å². The first-order valence-electron chi connectivity index (χ1n) is 6.58. The van der Waals surface area contributed by atoms with Crippen LogP contribution in [0.2, 0.25) is 0 Å². The first kappa shape index (κ1) is 17.3. The Hall–Kier alpha value is -0.0800. The van der Waals surface area contributed by atoms with Crippen molar-refractivity contribution in [2.24, 2.45) is 0 Å². The third kappa shape index (κ3) is 7.80. The highest BCUT2D eigenvalue weighted by molar-refractivity contribution is 4.87. The second kappa shape index (κ2) is 12.0. The Kier molecular flexibility index (Phi) is 13.8. The predicted molar refractivity (Wildman–Crippen MR) is 71.5 cm³/mol. The Morgan fingerprint density at radius 2 is 1.53 bits per heavy atom. The number of nitrogens with one attached hydrogen (secondary N) is 2. The molecule has 0 radical (unpaired) electrons. The molecule has 1 fully saturated rings. The van der Waals surface area contributed by atoms with Gasteiger partial charge in [-0.2, -0.15) is 0 Å². The van der Waals surface area contributed by atoms with Crippen molar-refractivity contribution >= 4 is 0 Å². The molecular formula is C13H32N2. The van der Waals surface area contributed by atoms with Crippen LogP contribution in [0.15, 0.2) is 0 Å². The molecule has 0 atom stereocenters. The molecule has 0 spiro atoms. The molecule has 2 nitrogen and oxygen atoms in total. The van der Waals surface area contributed by atoms with Crippen molar-refractivity contribution in [2.75, 3.05) is 20.6 Å². The van der Waals surface area contributed by atoms with Crippen LogP contribution in [0.4, 0.5) is 0 Å². The number of rotatable bonds is 2. The van der Waals surface area contributed by atoms with E-state index in [-0.39, 0.29) is 0 Å². The van der Waals surface area contributed by atoms with Crippen molar-refractivity contribution in [1.82, 2.24) is 10.6 Å². The summed E-state index contributed by atoms with van der Waals surface area (Å²) < 4.78 is 0. The zero-order chi connectivity index (χ0) is 12.2. The fourth-order valence-corrected chi connectivity index (χ4v) is 1.88. The molecule has 1 aliphatic heterocycles. The van der Waals surface area contributed by atoms with Gasteiger partial charge in [0, 0.05) is 5.54 Å². The zero-order valence-corrected chi connectivity index (χ0v) is 11.7. The van der Waals surface area contributed by atoms with E-state index in [4.69, 9.17) is 0 Å². The summed E-state index contributed by atoms with van der Waals surface area (Å²) in [5.41, 5.74) is 0.512. The van der Waals surface area contributed by atoms with E-state index in [1.165, 1.54) is 38.6 Å². The molecular weight excluding hydrogens is 184 g/mol. The lowest BCUT2D eigenvalue weighted by Crippen LogP contribution is -2.47. The van der Waals surface area contributed by atoms with Crippen molar-refractivity contribution in [3.8, 4) is 0 Å². The van der Waals surface area contributed by atoms with E-state index < -0.39 is 0 Å². The van der Waals surface area contributed by atoms with Crippen LogP contribution >= 0.6 is 0 Å². The molecule has 1 aliphatic rings. The van der Waals surface area contributed by atoms with Crippen LogP contribution in [0.3, 0.4) is 0 Å². The molecule has 0 aromatic carbocycles. The van der Waals surface area contributed by atoms with Gasteiger partial charge in [0.1, 0.15) is 0 Å². The summed E-state index contributed by atoms with van der Waals surface area (Å²) in [7, 11) is 3.75. The summed E-state index contributed by atoms with van der Waals surface area (Å²) in [4.78, 5) is 0. The highest BCUT2D eigenvalue weighted by Crippen LogP contribution is 2.25. The topological polar surface area (TPSA) is 24.1 Å². The summed E-state index contributed by atoms with van der Waals surface area (Å²) >= 11 is 0. The molecule has 2 heteroatoms. The third-order valence-corrected chi connectivity index (χ3v) is 2.94. The largest absolute Gasteiger partial charge is 0.323 e. The minimum atomic E-state index is 0.512. The average molecular weight is 216 g/mol. The zero-order valence-electron chi connectivity index (χ0n) is 11.7. The first-order valence-corrected chi connectivity index (χ1v) is 6.58. The number of hydrogen-bond acceptors (Lipinski definition) is 2. The smallest absolute Gasteiger partial charge is 0.0176 e. The summed E-state index contributed by atoms with van der Waals surface area (Å²) in [5, 5.41) is 6.38. The van der Waals surface area contributed by atoms with E-state index >= 15 is 0 Å². The number of hydrogen-bond donors (Lipinski definition) is 2. The Labute approximate surface area is 97.2 Å². The Morgan fingerprint density at radius 1 is 1.07 bits per heavy atom. The molecule has 94 valence electrons. The lowest BCUT2D eigenvalue weighted by atomic mass is 9.84. The van der Waals surface area contributed by atoms with Gasteiger partial charge in [-0.3, -0.25) is 0 Å². The molecule has 1 rings (SSSR count). The van der Waals surface area contributed by atoms with Gasteiger partial charge in [-0.25, -0.2) is 0 Å². The average Bonchev–Trinajstić information content (AvgIpc) is 2.33. The van der Waals surface area contributed by atoms with Gasteiger partial charge in [0.05, 0.1) is 0 Å². The van der Waals surface area contributed by atoms with Crippen molar-refractivity contribution in [3.63, 3.8) is 0 Å². The first-order chi connectivity index (χ1) is 7.24. The molecule has 15 heavy (non-hydrogen) atoms. The normalized spacial score (nSPS) is 18.0. The van der Waals surface area contributed by atoms with E-state index in [9.17, 15) is 0 Å². The lowest BCUT2D eigenvalue weighted by Gasteiger charge is -2.36. The van der Waals surface area contributed by atoms with Crippen LogP contribution < -0.4 is 10.6 Å². The fourth-order valence-electron chi connectivity index (χ4n) is 1.88. The molecule has 0 aliphatic carbocycles. The SMILES string of the molecule is CC.CCC1(CC)CCCCN1.CNC. The summed E-state index contributed by atoms with van der Waals surface area (Å²) in [5.74, 6) is 0. The molecule has 0 saturated carbocycles. The maximum atomic E-state index is 3.63. The molecule has 0 aromatic rings. The van der Waals surface area contributed by atoms with Crippen molar-refractivity contribution in [2.45, 2.75) is 65.3 Å². The van der Waals surface area contributed by atoms with Crippen LogP contribution in [-0.2, 0) is 0 Å². The minimum absolute atomic E-state index is 0.512.